The molecule has 1 atom stereocenters. The normalized spacial score (nSPS) is 17.1. The third kappa shape index (κ3) is 17.4. The minimum absolute atomic E-state index is 0.604. The molecule has 4 nitrogen and oxygen atoms in total. The van der Waals surface area contributed by atoms with Gasteiger partial charge < -0.3 is 4.55 Å². The summed E-state index contributed by atoms with van der Waals surface area (Å²) < 4.78 is 27.2. The van der Waals surface area contributed by atoms with Gasteiger partial charge in [0.15, 0.2) is 0 Å². The van der Waals surface area contributed by atoms with Crippen molar-refractivity contribution in [1.82, 2.24) is 0 Å². The molecule has 1 N–H and O–H groups in total. The quantitative estimate of drug-likeness (QED) is 0.494. The maximum Gasteiger partial charge on any atom is 0.102 e. The van der Waals surface area contributed by atoms with Gasteiger partial charge in [-0.3, -0.25) is 4.90 Å². The molecule has 0 aromatic carbocycles. The summed E-state index contributed by atoms with van der Waals surface area (Å²) >= 11 is 0. The zero-order valence-electron chi connectivity index (χ0n) is 14.4. The van der Waals surface area contributed by atoms with Crippen molar-refractivity contribution < 1.29 is 17.9 Å². The average Bonchev–Trinajstić information content (AvgIpc) is 2.81. The van der Waals surface area contributed by atoms with E-state index in [-0.39, 0.29) is 0 Å². The standard InChI is InChI=1S/C16H29N.CH4O3S/c1-3-4-5-6-7-8-9-10-11-13-17-14-12-16(2)15-17;1-5(2,3)4/h12,14-15H,3-11,13H2,1-2H3;1H3,(H,2,3,4). The van der Waals surface area contributed by atoms with E-state index in [0.29, 0.717) is 6.26 Å². The van der Waals surface area contributed by atoms with Crippen molar-refractivity contribution in [2.45, 2.75) is 71.6 Å². The molecule has 0 amide bonds. The lowest BCUT2D eigenvalue weighted by Crippen LogP contribution is -3.01. The van der Waals surface area contributed by atoms with Gasteiger partial charge >= 0.3 is 0 Å². The molecule has 1 rings (SSSR count). The van der Waals surface area contributed by atoms with Crippen LogP contribution in [0, 0.1) is 0 Å². The maximum atomic E-state index is 9.08. The summed E-state index contributed by atoms with van der Waals surface area (Å²) in [5, 5.41) is 0. The first-order valence-corrected chi connectivity index (χ1v) is 10.3. The van der Waals surface area contributed by atoms with Gasteiger partial charge in [0, 0.05) is 11.8 Å². The van der Waals surface area contributed by atoms with Crippen molar-refractivity contribution in [3.63, 3.8) is 0 Å². The van der Waals surface area contributed by atoms with Crippen LogP contribution in [0.15, 0.2) is 24.0 Å². The fraction of sp³-hybridized carbons (Fsp3) is 0.765. The molecular weight excluding hydrogens is 298 g/mol. The van der Waals surface area contributed by atoms with Crippen LogP contribution in [0.3, 0.4) is 0 Å². The fourth-order valence-electron chi connectivity index (χ4n) is 2.42. The first kappa shape index (κ1) is 21.4. The van der Waals surface area contributed by atoms with Gasteiger partial charge in [-0.15, -0.1) is 0 Å². The number of hydrogen-bond acceptors (Lipinski definition) is 3. The van der Waals surface area contributed by atoms with E-state index in [0.717, 1.165) is 0 Å². The van der Waals surface area contributed by atoms with Crippen LogP contribution in [0.1, 0.15) is 71.6 Å². The summed E-state index contributed by atoms with van der Waals surface area (Å²) in [6.07, 6.45) is 20.2. The highest BCUT2D eigenvalue weighted by Crippen LogP contribution is 2.09. The second kappa shape index (κ2) is 12.9. The molecule has 130 valence electrons. The molecule has 1 aliphatic heterocycles. The topological polar surface area (TPSA) is 61.6 Å². The van der Waals surface area contributed by atoms with Gasteiger partial charge in [-0.2, -0.15) is 0 Å². The van der Waals surface area contributed by atoms with Crippen LogP contribution in [0.2, 0.25) is 0 Å². The lowest BCUT2D eigenvalue weighted by molar-refractivity contribution is -0.788. The molecule has 0 aromatic rings. The molecule has 0 aromatic heterocycles. The molecule has 5 heteroatoms. The SMILES string of the molecule is CCCCCCCCCCC[NH+]1C=CC(C)=C1.CS(=O)(=O)[O-]. The zero-order valence-corrected chi connectivity index (χ0v) is 15.3. The number of hydrogen-bond donors (Lipinski definition) is 1. The monoisotopic (exact) mass is 331 g/mol. The highest BCUT2D eigenvalue weighted by molar-refractivity contribution is 7.84. The molecule has 1 aliphatic rings. The minimum Gasteiger partial charge on any atom is -0.748 e. The van der Waals surface area contributed by atoms with Crippen LogP contribution in [0.25, 0.3) is 0 Å². The number of quaternary nitrogens is 1. The molecular formula is C17H33NO3S. The predicted molar refractivity (Wildman–Crippen MR) is 91.6 cm³/mol. The first-order valence-electron chi connectivity index (χ1n) is 8.46. The Hall–Kier alpha value is -0.650. The van der Waals surface area contributed by atoms with E-state index in [9.17, 15) is 0 Å². The Morgan fingerprint density at radius 2 is 1.45 bits per heavy atom. The molecule has 1 heterocycles. The van der Waals surface area contributed by atoms with Crippen LogP contribution >= 0.6 is 0 Å². The van der Waals surface area contributed by atoms with E-state index in [1.807, 2.05) is 0 Å². The summed E-state index contributed by atoms with van der Waals surface area (Å²) in [6, 6.07) is 0. The van der Waals surface area contributed by atoms with Crippen LogP contribution < -0.4 is 4.90 Å². The van der Waals surface area contributed by atoms with E-state index >= 15 is 0 Å². The van der Waals surface area contributed by atoms with Gasteiger partial charge in [-0.25, -0.2) is 8.42 Å². The molecule has 0 spiro atoms. The van der Waals surface area contributed by atoms with Crippen molar-refractivity contribution >= 4 is 10.1 Å². The van der Waals surface area contributed by atoms with Crippen LogP contribution in [0.5, 0.6) is 0 Å². The minimum atomic E-state index is -3.92. The van der Waals surface area contributed by atoms with Gasteiger partial charge in [0.05, 0.1) is 22.9 Å². The van der Waals surface area contributed by atoms with E-state index in [2.05, 4.69) is 32.3 Å². The maximum absolute atomic E-state index is 9.08. The van der Waals surface area contributed by atoms with E-state index in [4.69, 9.17) is 13.0 Å². The summed E-state index contributed by atoms with van der Waals surface area (Å²) in [5.41, 5.74) is 1.41. The Labute approximate surface area is 137 Å². The largest absolute Gasteiger partial charge is 0.748 e. The van der Waals surface area contributed by atoms with E-state index in [1.165, 1.54) is 74.8 Å². The molecule has 1 unspecified atom stereocenters. The van der Waals surface area contributed by atoms with Crippen LogP contribution in [-0.4, -0.2) is 25.8 Å². The second-order valence-corrected chi connectivity index (χ2v) is 7.49. The smallest absolute Gasteiger partial charge is 0.102 e. The lowest BCUT2D eigenvalue weighted by atomic mass is 10.1. The first-order chi connectivity index (χ1) is 10.3. The number of unbranched alkanes of at least 4 members (excludes halogenated alkanes) is 8. The predicted octanol–water partition coefficient (Wildman–Crippen LogP) is 2.99. The molecule has 0 fully saturated rings. The van der Waals surface area contributed by atoms with Crippen molar-refractivity contribution in [3.8, 4) is 0 Å². The van der Waals surface area contributed by atoms with Gasteiger partial charge in [-0.05, 0) is 25.8 Å². The van der Waals surface area contributed by atoms with Gasteiger partial charge in [0.25, 0.3) is 0 Å². The lowest BCUT2D eigenvalue weighted by Gasteiger charge is -2.06. The van der Waals surface area contributed by atoms with Crippen molar-refractivity contribution in [3.05, 3.63) is 24.0 Å². The molecule has 0 saturated heterocycles. The fourth-order valence-corrected chi connectivity index (χ4v) is 2.42. The molecule has 0 saturated carbocycles. The summed E-state index contributed by atoms with van der Waals surface area (Å²) in [6.45, 7) is 5.74. The second-order valence-electron chi connectivity index (χ2n) is 6.08. The van der Waals surface area contributed by atoms with Crippen molar-refractivity contribution in [1.29, 1.82) is 0 Å². The number of allylic oxidation sites excluding steroid dienone is 2. The Bertz CT molecular complexity index is 419. The van der Waals surface area contributed by atoms with E-state index in [1.54, 1.807) is 0 Å². The van der Waals surface area contributed by atoms with Crippen LogP contribution in [-0.2, 0) is 10.1 Å². The van der Waals surface area contributed by atoms with Crippen molar-refractivity contribution in [2.24, 2.45) is 0 Å². The Kier molecular flexibility index (Phi) is 12.5. The van der Waals surface area contributed by atoms with Gasteiger partial charge in [-0.1, -0.05) is 51.9 Å². The molecule has 0 bridgehead atoms. The number of rotatable bonds is 10. The zero-order chi connectivity index (χ0) is 16.8. The van der Waals surface area contributed by atoms with Crippen molar-refractivity contribution in [2.75, 3.05) is 12.8 Å². The van der Waals surface area contributed by atoms with Crippen LogP contribution in [0.4, 0.5) is 0 Å². The highest BCUT2D eigenvalue weighted by atomic mass is 32.2. The third-order valence-corrected chi connectivity index (χ3v) is 3.54. The van der Waals surface area contributed by atoms with Gasteiger partial charge in [0.1, 0.15) is 6.20 Å². The average molecular weight is 332 g/mol. The number of nitrogens with one attached hydrogen (secondary N) is 1. The summed E-state index contributed by atoms with van der Waals surface area (Å²) in [7, 11) is -3.92. The summed E-state index contributed by atoms with van der Waals surface area (Å²) in [5.74, 6) is 0. The Balaban J connectivity index is 0.000000763. The highest BCUT2D eigenvalue weighted by Gasteiger charge is 2.06. The third-order valence-electron chi connectivity index (χ3n) is 3.54. The molecule has 0 radical (unpaired) electrons. The summed E-state index contributed by atoms with van der Waals surface area (Å²) in [4.78, 5) is 1.53. The molecule has 22 heavy (non-hydrogen) atoms. The Morgan fingerprint density at radius 3 is 1.86 bits per heavy atom. The van der Waals surface area contributed by atoms with Gasteiger partial charge in [0.2, 0.25) is 0 Å². The Morgan fingerprint density at radius 1 is 1.00 bits per heavy atom. The van der Waals surface area contributed by atoms with E-state index < -0.39 is 10.1 Å². The molecule has 0 aliphatic carbocycles.